The minimum Gasteiger partial charge on any atom is -0.382 e. The Morgan fingerprint density at radius 3 is 1.63 bits per heavy atom. The van der Waals surface area contributed by atoms with Crippen LogP contribution in [0, 0.1) is 13.8 Å². The largest absolute Gasteiger partial charge is 0.382 e. The summed E-state index contributed by atoms with van der Waals surface area (Å²) >= 11 is 0. The van der Waals surface area contributed by atoms with E-state index in [-0.39, 0.29) is 5.41 Å². The van der Waals surface area contributed by atoms with Crippen molar-refractivity contribution in [3.63, 3.8) is 0 Å². The SMILES string of the molecule is COCCOCCOCCC1(CCOCCOCCOC)c2cc(C)ccc2-c2ccc(-c3ccc(C)cn3)cc21. The van der Waals surface area contributed by atoms with Crippen molar-refractivity contribution in [2.24, 2.45) is 0 Å². The molecule has 1 aromatic heterocycles. The monoisotopic (exact) mass is 563 g/mol. The summed E-state index contributed by atoms with van der Waals surface area (Å²) in [7, 11) is 3.35. The summed E-state index contributed by atoms with van der Waals surface area (Å²) in [5.41, 5.74) is 9.50. The first-order chi connectivity index (χ1) is 20.1. The van der Waals surface area contributed by atoms with E-state index in [0.717, 1.165) is 29.7 Å². The second-order valence-electron chi connectivity index (χ2n) is 10.5. The lowest BCUT2D eigenvalue weighted by molar-refractivity contribution is 0.0145. The molecule has 0 saturated carbocycles. The summed E-state index contributed by atoms with van der Waals surface area (Å²) in [4.78, 5) is 4.72. The van der Waals surface area contributed by atoms with Crippen molar-refractivity contribution < 1.29 is 28.4 Å². The van der Waals surface area contributed by atoms with Crippen LogP contribution in [-0.2, 0) is 33.8 Å². The fourth-order valence-corrected chi connectivity index (χ4v) is 5.49. The number of ether oxygens (including phenoxy) is 6. The Labute approximate surface area is 245 Å². The van der Waals surface area contributed by atoms with Gasteiger partial charge in [0.1, 0.15) is 0 Å². The molecule has 1 aliphatic carbocycles. The maximum absolute atomic E-state index is 6.12. The number of rotatable bonds is 19. The van der Waals surface area contributed by atoms with Gasteiger partial charge in [-0.1, -0.05) is 42.0 Å². The van der Waals surface area contributed by atoms with Gasteiger partial charge in [0.15, 0.2) is 0 Å². The van der Waals surface area contributed by atoms with E-state index in [1.54, 1.807) is 14.2 Å². The molecule has 0 aliphatic heterocycles. The Hall–Kier alpha value is -2.65. The molecule has 0 unspecified atom stereocenters. The molecule has 0 saturated heterocycles. The van der Waals surface area contributed by atoms with Crippen LogP contribution in [0.5, 0.6) is 0 Å². The number of hydrogen-bond acceptors (Lipinski definition) is 7. The minimum atomic E-state index is -0.245. The third-order valence-corrected chi connectivity index (χ3v) is 7.68. The third-order valence-electron chi connectivity index (χ3n) is 7.68. The van der Waals surface area contributed by atoms with Crippen LogP contribution >= 0.6 is 0 Å². The number of methoxy groups -OCH3 is 2. The van der Waals surface area contributed by atoms with Crippen LogP contribution in [0.15, 0.2) is 54.7 Å². The van der Waals surface area contributed by atoms with Crippen molar-refractivity contribution in [2.45, 2.75) is 32.1 Å². The number of nitrogens with zero attached hydrogens (tertiary/aromatic N) is 1. The van der Waals surface area contributed by atoms with E-state index in [4.69, 9.17) is 33.4 Å². The van der Waals surface area contributed by atoms with Crippen molar-refractivity contribution in [3.05, 3.63) is 77.0 Å². The van der Waals surface area contributed by atoms with Gasteiger partial charge in [0, 0.05) is 44.6 Å². The molecule has 1 heterocycles. The molecular weight excluding hydrogens is 518 g/mol. The lowest BCUT2D eigenvalue weighted by Gasteiger charge is -2.33. The Morgan fingerprint density at radius 2 is 1.07 bits per heavy atom. The molecule has 7 heteroatoms. The molecule has 222 valence electrons. The molecule has 0 fully saturated rings. The average Bonchev–Trinajstić information content (AvgIpc) is 3.24. The fourth-order valence-electron chi connectivity index (χ4n) is 5.49. The topological polar surface area (TPSA) is 68.3 Å². The number of fused-ring (bicyclic) bond motifs is 3. The van der Waals surface area contributed by atoms with E-state index in [0.29, 0.717) is 66.1 Å². The van der Waals surface area contributed by atoms with Crippen LogP contribution in [0.1, 0.15) is 35.1 Å². The third kappa shape index (κ3) is 8.22. The number of aryl methyl sites for hydroxylation is 2. The lowest BCUT2D eigenvalue weighted by Crippen LogP contribution is -2.30. The van der Waals surface area contributed by atoms with Gasteiger partial charge in [0.2, 0.25) is 0 Å². The summed E-state index contributed by atoms with van der Waals surface area (Å²) in [6, 6.07) is 17.8. The van der Waals surface area contributed by atoms with Gasteiger partial charge in [-0.25, -0.2) is 0 Å². The van der Waals surface area contributed by atoms with Gasteiger partial charge in [-0.05, 0) is 66.6 Å². The van der Waals surface area contributed by atoms with Gasteiger partial charge in [-0.15, -0.1) is 0 Å². The van der Waals surface area contributed by atoms with E-state index in [2.05, 4.69) is 62.4 Å². The molecule has 2 aromatic carbocycles. The number of hydrogen-bond donors (Lipinski definition) is 0. The molecule has 0 bridgehead atoms. The van der Waals surface area contributed by atoms with Crippen molar-refractivity contribution >= 4 is 0 Å². The highest BCUT2D eigenvalue weighted by atomic mass is 16.5. The first kappa shape index (κ1) is 31.3. The van der Waals surface area contributed by atoms with Crippen LogP contribution in [0.4, 0.5) is 0 Å². The van der Waals surface area contributed by atoms with Crippen molar-refractivity contribution in [2.75, 3.05) is 80.3 Å². The first-order valence-electron chi connectivity index (χ1n) is 14.6. The van der Waals surface area contributed by atoms with Crippen molar-refractivity contribution in [1.29, 1.82) is 0 Å². The smallest absolute Gasteiger partial charge is 0.0702 e. The molecule has 41 heavy (non-hydrogen) atoms. The van der Waals surface area contributed by atoms with Crippen LogP contribution < -0.4 is 0 Å². The van der Waals surface area contributed by atoms with Gasteiger partial charge in [0.05, 0.1) is 58.5 Å². The molecule has 0 amide bonds. The Balaban J connectivity index is 1.58. The predicted molar refractivity (Wildman–Crippen MR) is 162 cm³/mol. The van der Waals surface area contributed by atoms with Crippen LogP contribution in [0.2, 0.25) is 0 Å². The average molecular weight is 564 g/mol. The summed E-state index contributed by atoms with van der Waals surface area (Å²) in [5.74, 6) is 0. The van der Waals surface area contributed by atoms with Gasteiger partial charge in [-0.3, -0.25) is 4.98 Å². The summed E-state index contributed by atoms with van der Waals surface area (Å²) in [6.45, 7) is 10.0. The molecule has 0 N–H and O–H groups in total. The van der Waals surface area contributed by atoms with Gasteiger partial charge in [-0.2, -0.15) is 0 Å². The van der Waals surface area contributed by atoms with Gasteiger partial charge in [0.25, 0.3) is 0 Å². The molecule has 1 aliphatic rings. The zero-order valence-electron chi connectivity index (χ0n) is 25.1. The molecule has 4 rings (SSSR count). The Kier molecular flexibility index (Phi) is 12.3. The van der Waals surface area contributed by atoms with E-state index in [1.165, 1.54) is 27.8 Å². The predicted octanol–water partition coefficient (Wildman–Crippen LogP) is 5.77. The highest BCUT2D eigenvalue weighted by Crippen LogP contribution is 2.53. The zero-order valence-corrected chi connectivity index (χ0v) is 25.1. The molecule has 3 aromatic rings. The number of benzene rings is 2. The second-order valence-corrected chi connectivity index (χ2v) is 10.5. The maximum atomic E-state index is 6.12. The number of pyridine rings is 1. The standard InChI is InChI=1S/C34H45NO6/c1-26-5-8-29-30-9-7-28(33-10-6-27(2)25-35-33)24-32(30)34(31(29)23-26,11-13-38-19-21-40-17-15-36-3)12-14-39-20-22-41-18-16-37-4/h5-10,23-25H,11-22H2,1-4H3. The highest BCUT2D eigenvalue weighted by molar-refractivity contribution is 5.83. The fraction of sp³-hybridized carbons (Fsp3) is 0.500. The molecule has 0 spiro atoms. The normalized spacial score (nSPS) is 13.4. The maximum Gasteiger partial charge on any atom is 0.0702 e. The van der Waals surface area contributed by atoms with Gasteiger partial charge >= 0.3 is 0 Å². The van der Waals surface area contributed by atoms with E-state index in [9.17, 15) is 0 Å². The summed E-state index contributed by atoms with van der Waals surface area (Å²) in [6.07, 6.45) is 3.61. The van der Waals surface area contributed by atoms with Gasteiger partial charge < -0.3 is 28.4 Å². The van der Waals surface area contributed by atoms with Crippen molar-refractivity contribution in [3.8, 4) is 22.4 Å². The zero-order chi connectivity index (χ0) is 28.9. The molecular formula is C34H45NO6. The molecule has 0 atom stereocenters. The van der Waals surface area contributed by atoms with Crippen molar-refractivity contribution in [1.82, 2.24) is 4.98 Å². The highest BCUT2D eigenvalue weighted by Gasteiger charge is 2.43. The summed E-state index contributed by atoms with van der Waals surface area (Å²) in [5, 5.41) is 0. The van der Waals surface area contributed by atoms with E-state index < -0.39 is 0 Å². The molecule has 0 radical (unpaired) electrons. The Bertz CT molecular complexity index is 1190. The minimum absolute atomic E-state index is 0.245. The van der Waals surface area contributed by atoms with Crippen LogP contribution in [-0.4, -0.2) is 85.3 Å². The van der Waals surface area contributed by atoms with Crippen LogP contribution in [0.3, 0.4) is 0 Å². The molecule has 7 nitrogen and oxygen atoms in total. The number of aromatic nitrogens is 1. The first-order valence-corrected chi connectivity index (χ1v) is 14.6. The lowest BCUT2D eigenvalue weighted by atomic mass is 9.72. The Morgan fingerprint density at radius 1 is 0.561 bits per heavy atom. The van der Waals surface area contributed by atoms with E-state index in [1.807, 2.05) is 6.20 Å². The van der Waals surface area contributed by atoms with E-state index >= 15 is 0 Å². The quantitative estimate of drug-likeness (QED) is 0.172. The van der Waals surface area contributed by atoms with Crippen LogP contribution in [0.25, 0.3) is 22.4 Å². The second kappa shape index (κ2) is 16.1. The summed E-state index contributed by atoms with van der Waals surface area (Å²) < 4.78 is 33.6.